The summed E-state index contributed by atoms with van der Waals surface area (Å²) in [5.41, 5.74) is 6.41. The molecule has 0 aliphatic rings. The molecule has 1 aromatic carbocycles. The fraction of sp³-hybridized carbons (Fsp3) is 0.417. The highest BCUT2D eigenvalue weighted by Crippen LogP contribution is 2.34. The second-order valence-electron chi connectivity index (χ2n) is 4.11. The lowest BCUT2D eigenvalue weighted by molar-refractivity contribution is -0.113. The number of carbonyl (C=O) groups is 1. The topological polar surface area (TPSA) is 55.1 Å². The quantitative estimate of drug-likeness (QED) is 0.601. The number of amides is 1. The third-order valence-corrected chi connectivity index (χ3v) is 4.92. The average Bonchev–Trinajstić information content (AvgIpc) is 2.29. The highest BCUT2D eigenvalue weighted by molar-refractivity contribution is 9.11. The van der Waals surface area contributed by atoms with Gasteiger partial charge in [0.15, 0.2) is 0 Å². The predicted octanol–water partition coefficient (Wildman–Crippen LogP) is 4.38. The van der Waals surface area contributed by atoms with Crippen LogP contribution in [0.25, 0.3) is 0 Å². The Labute approximate surface area is 142 Å². The highest BCUT2D eigenvalue weighted by Gasteiger charge is 2.10. The molecule has 7 heteroatoms. The highest BCUT2D eigenvalue weighted by atomic mass is 79.9. The number of nitrogens with one attached hydrogen (secondary N) is 1. The average molecular weight is 475 g/mol. The van der Waals surface area contributed by atoms with Crippen LogP contribution < -0.4 is 11.1 Å². The van der Waals surface area contributed by atoms with E-state index in [1.165, 1.54) is 0 Å². The van der Waals surface area contributed by atoms with Crippen molar-refractivity contribution in [2.45, 2.75) is 19.4 Å². The molecule has 1 aromatic rings. The van der Waals surface area contributed by atoms with E-state index in [0.717, 1.165) is 31.3 Å². The van der Waals surface area contributed by atoms with Gasteiger partial charge in [-0.3, -0.25) is 4.79 Å². The molecule has 3 N–H and O–H groups in total. The number of carbonyl (C=O) groups excluding carboxylic acids is 1. The molecule has 0 radical (unpaired) electrons. The number of benzene rings is 1. The van der Waals surface area contributed by atoms with E-state index in [2.05, 4.69) is 53.1 Å². The number of rotatable bonds is 6. The van der Waals surface area contributed by atoms with E-state index in [1.807, 2.05) is 19.1 Å². The fourth-order valence-electron chi connectivity index (χ4n) is 1.27. The van der Waals surface area contributed by atoms with Crippen LogP contribution in [0.15, 0.2) is 25.6 Å². The first-order valence-electron chi connectivity index (χ1n) is 5.68. The molecule has 0 fully saturated rings. The number of hydrogen-bond donors (Lipinski definition) is 2. The Kier molecular flexibility index (Phi) is 7.98. The Morgan fingerprint density at radius 1 is 1.37 bits per heavy atom. The maximum absolute atomic E-state index is 11.8. The minimum absolute atomic E-state index is 0.0154. The Balaban J connectivity index is 2.49. The SMILES string of the molecule is CC(N)CCSCC(=O)Nc1c(Br)cc(Br)cc1Br. The Bertz CT molecular complexity index is 432. The minimum Gasteiger partial charge on any atom is -0.328 e. The summed E-state index contributed by atoms with van der Waals surface area (Å²) in [6, 6.07) is 3.97. The fourth-order valence-corrected chi connectivity index (χ4v) is 4.67. The molecule has 0 saturated carbocycles. The third kappa shape index (κ3) is 6.62. The van der Waals surface area contributed by atoms with Crippen LogP contribution in [-0.4, -0.2) is 23.5 Å². The van der Waals surface area contributed by atoms with Crippen molar-refractivity contribution in [3.8, 4) is 0 Å². The maximum Gasteiger partial charge on any atom is 0.234 e. The number of anilines is 1. The predicted molar refractivity (Wildman–Crippen MR) is 93.8 cm³/mol. The van der Waals surface area contributed by atoms with E-state index in [0.29, 0.717) is 5.75 Å². The summed E-state index contributed by atoms with van der Waals surface area (Å²) in [7, 11) is 0. The van der Waals surface area contributed by atoms with Crippen molar-refractivity contribution in [2.24, 2.45) is 5.73 Å². The third-order valence-electron chi connectivity index (χ3n) is 2.22. The van der Waals surface area contributed by atoms with Crippen LogP contribution in [0.3, 0.4) is 0 Å². The van der Waals surface area contributed by atoms with E-state index < -0.39 is 0 Å². The summed E-state index contributed by atoms with van der Waals surface area (Å²) in [4.78, 5) is 11.8. The van der Waals surface area contributed by atoms with Gasteiger partial charge in [0.05, 0.1) is 11.4 Å². The number of thioether (sulfide) groups is 1. The molecule has 0 spiro atoms. The summed E-state index contributed by atoms with van der Waals surface area (Å²) in [6.45, 7) is 1.97. The number of hydrogen-bond acceptors (Lipinski definition) is 3. The Morgan fingerprint density at radius 3 is 2.47 bits per heavy atom. The summed E-state index contributed by atoms with van der Waals surface area (Å²) in [5, 5.41) is 2.89. The number of halogens is 3. The monoisotopic (exact) mass is 472 g/mol. The molecule has 0 aliphatic heterocycles. The van der Waals surface area contributed by atoms with E-state index >= 15 is 0 Å². The first-order valence-corrected chi connectivity index (χ1v) is 9.21. The zero-order chi connectivity index (χ0) is 14.4. The largest absolute Gasteiger partial charge is 0.328 e. The zero-order valence-corrected chi connectivity index (χ0v) is 16.0. The molecular weight excluding hydrogens is 460 g/mol. The molecule has 19 heavy (non-hydrogen) atoms. The van der Waals surface area contributed by atoms with E-state index in [9.17, 15) is 4.79 Å². The van der Waals surface area contributed by atoms with Crippen LogP contribution in [0, 0.1) is 0 Å². The second-order valence-corrected chi connectivity index (χ2v) is 7.84. The van der Waals surface area contributed by atoms with Gasteiger partial charge in [0.2, 0.25) is 5.91 Å². The van der Waals surface area contributed by atoms with Crippen molar-refractivity contribution < 1.29 is 4.79 Å². The molecule has 0 heterocycles. The smallest absolute Gasteiger partial charge is 0.234 e. The van der Waals surface area contributed by atoms with Gasteiger partial charge in [0.25, 0.3) is 0 Å². The second kappa shape index (κ2) is 8.67. The molecule has 0 aromatic heterocycles. The summed E-state index contributed by atoms with van der Waals surface area (Å²) in [5.74, 6) is 1.31. The van der Waals surface area contributed by atoms with Crippen LogP contribution in [0.4, 0.5) is 5.69 Å². The van der Waals surface area contributed by atoms with Crippen molar-refractivity contribution in [1.82, 2.24) is 0 Å². The van der Waals surface area contributed by atoms with Crippen LogP contribution >= 0.6 is 59.6 Å². The lowest BCUT2D eigenvalue weighted by atomic mass is 10.3. The molecule has 3 nitrogen and oxygen atoms in total. The van der Waals surface area contributed by atoms with Crippen LogP contribution in [-0.2, 0) is 4.79 Å². The molecule has 1 unspecified atom stereocenters. The molecule has 0 aliphatic carbocycles. The first kappa shape index (κ1) is 17.5. The van der Waals surface area contributed by atoms with Gasteiger partial charge in [0.1, 0.15) is 0 Å². The standard InChI is InChI=1S/C12H15Br3N2OS/c1-7(16)2-3-19-6-11(18)17-12-9(14)4-8(13)5-10(12)15/h4-5,7H,2-3,6,16H2,1H3,(H,17,18). The van der Waals surface area contributed by atoms with Crippen LogP contribution in [0.5, 0.6) is 0 Å². The number of nitrogens with two attached hydrogens (primary N) is 1. The van der Waals surface area contributed by atoms with Gasteiger partial charge < -0.3 is 11.1 Å². The normalized spacial score (nSPS) is 12.3. The van der Waals surface area contributed by atoms with Gasteiger partial charge in [-0.25, -0.2) is 0 Å². The van der Waals surface area contributed by atoms with E-state index in [-0.39, 0.29) is 11.9 Å². The van der Waals surface area contributed by atoms with Crippen molar-refractivity contribution >= 4 is 71.1 Å². The summed E-state index contributed by atoms with van der Waals surface area (Å²) in [6.07, 6.45) is 0.920. The van der Waals surface area contributed by atoms with Crippen molar-refractivity contribution in [1.29, 1.82) is 0 Å². The first-order chi connectivity index (χ1) is 8.90. The maximum atomic E-state index is 11.8. The van der Waals surface area contributed by atoms with Gasteiger partial charge in [-0.1, -0.05) is 15.9 Å². The van der Waals surface area contributed by atoms with Gasteiger partial charge in [-0.05, 0) is 63.1 Å². The summed E-state index contributed by atoms with van der Waals surface area (Å²) < 4.78 is 2.61. The molecule has 1 amide bonds. The molecular formula is C12H15Br3N2OS. The Morgan fingerprint density at radius 2 is 1.95 bits per heavy atom. The molecule has 1 atom stereocenters. The lowest BCUT2D eigenvalue weighted by Crippen LogP contribution is -2.18. The molecule has 1 rings (SSSR count). The van der Waals surface area contributed by atoms with E-state index in [4.69, 9.17) is 5.73 Å². The zero-order valence-electron chi connectivity index (χ0n) is 10.4. The molecule has 0 bridgehead atoms. The van der Waals surface area contributed by atoms with Crippen molar-refractivity contribution in [3.05, 3.63) is 25.6 Å². The van der Waals surface area contributed by atoms with Crippen molar-refractivity contribution in [3.63, 3.8) is 0 Å². The van der Waals surface area contributed by atoms with Crippen molar-refractivity contribution in [2.75, 3.05) is 16.8 Å². The summed E-state index contributed by atoms with van der Waals surface area (Å²) >= 11 is 11.8. The van der Waals surface area contributed by atoms with E-state index in [1.54, 1.807) is 11.8 Å². The van der Waals surface area contributed by atoms with Gasteiger partial charge in [-0.2, -0.15) is 11.8 Å². The van der Waals surface area contributed by atoms with Crippen LogP contribution in [0.1, 0.15) is 13.3 Å². The molecule has 106 valence electrons. The van der Waals surface area contributed by atoms with Gasteiger partial charge in [-0.15, -0.1) is 0 Å². The molecule has 0 saturated heterocycles. The lowest BCUT2D eigenvalue weighted by Gasteiger charge is -2.10. The van der Waals surface area contributed by atoms with Crippen LogP contribution in [0.2, 0.25) is 0 Å². The van der Waals surface area contributed by atoms with Gasteiger partial charge in [0, 0.05) is 19.5 Å². The minimum atomic E-state index is -0.0154. The Hall–Kier alpha value is 0.440. The van der Waals surface area contributed by atoms with Gasteiger partial charge >= 0.3 is 0 Å².